The molecule has 0 amide bonds. The number of carbonyl (C=O) groups is 1. The summed E-state index contributed by atoms with van der Waals surface area (Å²) in [7, 11) is 0. The molecular weight excluding hydrogens is 346 g/mol. The van der Waals surface area contributed by atoms with Crippen molar-refractivity contribution in [3.8, 4) is 0 Å². The van der Waals surface area contributed by atoms with E-state index in [1.165, 1.54) is 22.3 Å². The van der Waals surface area contributed by atoms with Gasteiger partial charge < -0.3 is 11.6 Å². The van der Waals surface area contributed by atoms with Gasteiger partial charge in [-0.1, -0.05) is 59.7 Å². The molecule has 0 atom stereocenters. The molecule has 2 aromatic rings. The van der Waals surface area contributed by atoms with Crippen LogP contribution in [0.4, 0.5) is 0 Å². The Hall–Kier alpha value is -1.00. The Morgan fingerprint density at radius 3 is 1.59 bits per heavy atom. The van der Waals surface area contributed by atoms with E-state index in [0.717, 1.165) is 32.1 Å². The van der Waals surface area contributed by atoms with Crippen LogP contribution in [0.25, 0.3) is 0 Å². The van der Waals surface area contributed by atoms with Gasteiger partial charge in [0.15, 0.2) is 17.4 Å². The number of hydrogen-bond donors (Lipinski definition) is 2. The van der Waals surface area contributed by atoms with Crippen LogP contribution < -0.4 is 18.9 Å². The molecule has 0 unspecified atom stereocenters. The average Bonchev–Trinajstić information content (AvgIpc) is 2.59. The summed E-state index contributed by atoms with van der Waals surface area (Å²) in [6.07, 6.45) is 4.91. The van der Waals surface area contributed by atoms with Crippen molar-refractivity contribution in [1.82, 2.24) is 0 Å². The van der Waals surface area contributed by atoms with Crippen molar-refractivity contribution in [2.45, 2.75) is 52.4 Å². The Balaban J connectivity index is -0.000000404. The van der Waals surface area contributed by atoms with Gasteiger partial charge in [0.2, 0.25) is 0 Å². The van der Waals surface area contributed by atoms with Gasteiger partial charge in [-0.2, -0.15) is 0 Å². The maximum absolute atomic E-state index is 10.2. The van der Waals surface area contributed by atoms with Crippen molar-refractivity contribution in [1.29, 1.82) is 0 Å². The minimum absolute atomic E-state index is 0. The van der Waals surface area contributed by atoms with Gasteiger partial charge in [0.1, 0.15) is 0 Å². The maximum atomic E-state index is 10.2. The molecule has 0 aliphatic heterocycles. The largest absolute Gasteiger partial charge is 1.00 e. The summed E-state index contributed by atoms with van der Waals surface area (Å²) in [4.78, 5) is 10.2. The molecule has 0 saturated heterocycles. The van der Waals surface area contributed by atoms with Crippen molar-refractivity contribution in [2.75, 3.05) is 6.61 Å². The van der Waals surface area contributed by atoms with Crippen LogP contribution in [-0.4, -0.2) is 40.2 Å². The van der Waals surface area contributed by atoms with Gasteiger partial charge in [-0.3, -0.25) is 4.79 Å². The summed E-state index contributed by atoms with van der Waals surface area (Å²) in [5, 5.41) is 17.0. The second-order valence-corrected chi connectivity index (χ2v) is 6.40. The van der Waals surface area contributed by atoms with Crippen LogP contribution in [0.3, 0.4) is 0 Å². The van der Waals surface area contributed by atoms with E-state index < -0.39 is 5.97 Å². The van der Waals surface area contributed by atoms with Gasteiger partial charge >= 0.3 is 24.8 Å². The van der Waals surface area contributed by atoms with Gasteiger partial charge in [0.05, 0.1) is 0 Å². The number of aliphatic hydroxyl groups excluding tert-OH is 1. The monoisotopic (exact) mass is 380 g/mol. The first kappa shape index (κ1) is 28.2. The smallest absolute Gasteiger partial charge is 1.00 e. The summed E-state index contributed by atoms with van der Waals surface area (Å²) in [5.41, 5.74) is 5.13. The van der Waals surface area contributed by atoms with Crippen molar-refractivity contribution in [3.63, 3.8) is 0 Å². The summed E-state index contributed by atoms with van der Waals surface area (Å²) in [6.45, 7) is 4.45. The van der Waals surface area contributed by atoms with E-state index >= 15 is 0 Å². The van der Waals surface area contributed by atoms with Crippen LogP contribution in [0, 0.1) is 13.8 Å². The molecule has 2 N–H and O–H groups in total. The molecule has 27 heavy (non-hydrogen) atoms. The maximum Gasteiger partial charge on any atom is 1.00 e. The standard InChI is InChI=1S/C11H14O2.C11H16O.Al.Li.4H/c1-9-5-7-10(8-6-9)3-2-4-11(12)13;1-10-5-7-11(8-6-10)4-2-3-9-12;;;;;;/h5-8H,2-4H2,1H3,(H,12,13);5-8,12H,2-4,9H2,1H3;;;;;;/q;;;+1;;;;-1. The van der Waals surface area contributed by atoms with Gasteiger partial charge in [-0.15, -0.1) is 0 Å². The first-order valence-corrected chi connectivity index (χ1v) is 8.95. The van der Waals surface area contributed by atoms with Crippen LogP contribution in [0.15, 0.2) is 48.5 Å². The molecule has 0 fully saturated rings. The third-order valence-corrected chi connectivity index (χ3v) is 3.97. The van der Waals surface area contributed by atoms with E-state index in [4.69, 9.17) is 10.2 Å². The molecule has 0 radical (unpaired) electrons. The third kappa shape index (κ3) is 14.7. The number of aryl methyl sites for hydroxylation is 4. The number of aliphatic carboxylic acids is 1. The number of unbranched alkanes of at least 4 members (excludes halogenated alkanes) is 1. The first-order chi connectivity index (χ1) is 12.0. The molecule has 0 spiro atoms. The summed E-state index contributed by atoms with van der Waals surface area (Å²) >= 11 is 0. The Bertz CT molecular complexity index is 619. The normalized spacial score (nSPS) is 9.30. The number of aliphatic hydroxyl groups is 1. The average molecular weight is 380 g/mol. The number of benzene rings is 2. The number of carboxylic acid groups (broad SMARTS) is 1. The SMILES string of the molecule is Cc1ccc(CCCC(=O)O)cc1.Cc1ccc(CCCCO)cc1.[AlH3].[H-].[Li+]. The Kier molecular flexibility index (Phi) is 17.9. The molecule has 2 aromatic carbocycles. The van der Waals surface area contributed by atoms with E-state index in [9.17, 15) is 4.79 Å². The Morgan fingerprint density at radius 2 is 1.22 bits per heavy atom. The molecule has 0 bridgehead atoms. The fourth-order valence-electron chi connectivity index (χ4n) is 2.39. The summed E-state index contributed by atoms with van der Waals surface area (Å²) in [6, 6.07) is 16.8. The molecule has 144 valence electrons. The minimum Gasteiger partial charge on any atom is -1.00 e. The zero-order chi connectivity index (χ0) is 18.5. The van der Waals surface area contributed by atoms with Crippen LogP contribution in [0.1, 0.15) is 49.4 Å². The number of rotatable bonds is 8. The van der Waals surface area contributed by atoms with Gasteiger partial charge in [0.25, 0.3) is 0 Å². The van der Waals surface area contributed by atoms with E-state index in [1.54, 1.807) is 0 Å². The molecule has 0 aliphatic rings. The second kappa shape index (κ2) is 17.1. The molecule has 0 heterocycles. The molecule has 0 aromatic heterocycles. The number of hydrogen-bond acceptors (Lipinski definition) is 2. The summed E-state index contributed by atoms with van der Waals surface area (Å²) < 4.78 is 0. The van der Waals surface area contributed by atoms with Crippen LogP contribution in [-0.2, 0) is 17.6 Å². The van der Waals surface area contributed by atoms with E-state index in [1.807, 2.05) is 6.92 Å². The topological polar surface area (TPSA) is 57.5 Å². The van der Waals surface area contributed by atoms with Gasteiger partial charge in [-0.25, -0.2) is 0 Å². The van der Waals surface area contributed by atoms with Gasteiger partial charge in [-0.05, 0) is 57.1 Å². The molecule has 2 rings (SSSR count). The summed E-state index contributed by atoms with van der Waals surface area (Å²) in [5.74, 6) is -0.716. The molecule has 3 nitrogen and oxygen atoms in total. The Labute approximate surface area is 188 Å². The predicted octanol–water partition coefficient (Wildman–Crippen LogP) is 0.645. The molecule has 0 saturated carbocycles. The third-order valence-electron chi connectivity index (χ3n) is 3.97. The minimum atomic E-state index is -0.716. The van der Waals surface area contributed by atoms with Gasteiger partial charge in [0, 0.05) is 13.0 Å². The van der Waals surface area contributed by atoms with Crippen molar-refractivity contribution in [2.24, 2.45) is 0 Å². The molecule has 5 heteroatoms. The van der Waals surface area contributed by atoms with Crippen molar-refractivity contribution < 1.29 is 35.3 Å². The van der Waals surface area contributed by atoms with E-state index in [0.29, 0.717) is 6.61 Å². The number of carboxylic acids is 1. The fourth-order valence-corrected chi connectivity index (χ4v) is 2.39. The zero-order valence-corrected chi connectivity index (χ0v) is 16.4. The quantitative estimate of drug-likeness (QED) is 0.522. The fraction of sp³-hybridized carbons (Fsp3) is 0.409. The second-order valence-electron chi connectivity index (χ2n) is 6.40. The molecular formula is C22H34AlLiO3. The van der Waals surface area contributed by atoms with Crippen molar-refractivity contribution >= 4 is 23.3 Å². The van der Waals surface area contributed by atoms with Crippen molar-refractivity contribution in [3.05, 3.63) is 70.8 Å². The van der Waals surface area contributed by atoms with Crippen LogP contribution >= 0.6 is 0 Å². The van der Waals surface area contributed by atoms with E-state index in [-0.39, 0.29) is 44.1 Å². The van der Waals surface area contributed by atoms with Crippen LogP contribution in [0.5, 0.6) is 0 Å². The Morgan fingerprint density at radius 1 is 0.815 bits per heavy atom. The first-order valence-electron chi connectivity index (χ1n) is 8.95. The van der Waals surface area contributed by atoms with Crippen LogP contribution in [0.2, 0.25) is 0 Å². The zero-order valence-electron chi connectivity index (χ0n) is 17.4. The molecule has 0 aliphatic carbocycles. The predicted molar refractivity (Wildman–Crippen MR) is 114 cm³/mol. The van der Waals surface area contributed by atoms with E-state index in [2.05, 4.69) is 55.5 Å².